The zero-order valence-electron chi connectivity index (χ0n) is 11.1. The second kappa shape index (κ2) is 5.41. The Hall–Kier alpha value is -1.61. The predicted octanol–water partition coefficient (Wildman–Crippen LogP) is 3.80. The molecule has 1 aliphatic carbocycles. The quantitative estimate of drug-likeness (QED) is 0.908. The van der Waals surface area contributed by atoms with Gasteiger partial charge in [0.25, 0.3) is 0 Å². The van der Waals surface area contributed by atoms with E-state index in [9.17, 15) is 4.79 Å². The van der Waals surface area contributed by atoms with Crippen molar-refractivity contribution in [3.8, 4) is 0 Å². The van der Waals surface area contributed by atoms with E-state index in [0.717, 1.165) is 22.9 Å². The standard InChI is InChI=1S/C17H16BrNO/c18-15-8-6-13(7-9-15)12-16(20)19-17(10-11-17)14-4-2-1-3-5-14/h1-9H,10-12H2,(H,19,20). The van der Waals surface area contributed by atoms with Gasteiger partial charge in [-0.15, -0.1) is 0 Å². The van der Waals surface area contributed by atoms with Crippen LogP contribution in [0.2, 0.25) is 0 Å². The van der Waals surface area contributed by atoms with Gasteiger partial charge in [-0.25, -0.2) is 0 Å². The average molecular weight is 330 g/mol. The van der Waals surface area contributed by atoms with E-state index in [-0.39, 0.29) is 11.4 Å². The summed E-state index contributed by atoms with van der Waals surface area (Å²) in [6, 6.07) is 18.1. The van der Waals surface area contributed by atoms with Crippen molar-refractivity contribution in [2.45, 2.75) is 24.8 Å². The minimum absolute atomic E-state index is 0.0914. The Morgan fingerprint density at radius 3 is 2.30 bits per heavy atom. The summed E-state index contributed by atoms with van der Waals surface area (Å²) >= 11 is 3.40. The smallest absolute Gasteiger partial charge is 0.225 e. The lowest BCUT2D eigenvalue weighted by Gasteiger charge is -2.18. The fraction of sp³-hybridized carbons (Fsp3) is 0.235. The van der Waals surface area contributed by atoms with Gasteiger partial charge in [0.15, 0.2) is 0 Å². The lowest BCUT2D eigenvalue weighted by molar-refractivity contribution is -0.121. The van der Waals surface area contributed by atoms with E-state index < -0.39 is 0 Å². The summed E-state index contributed by atoms with van der Waals surface area (Å²) in [7, 11) is 0. The maximum atomic E-state index is 12.2. The summed E-state index contributed by atoms with van der Waals surface area (Å²) in [6.45, 7) is 0. The van der Waals surface area contributed by atoms with Gasteiger partial charge in [0.1, 0.15) is 0 Å². The molecule has 2 aromatic rings. The van der Waals surface area contributed by atoms with Gasteiger partial charge in [-0.3, -0.25) is 4.79 Å². The maximum Gasteiger partial charge on any atom is 0.225 e. The second-order valence-electron chi connectivity index (χ2n) is 5.30. The van der Waals surface area contributed by atoms with Crippen LogP contribution in [-0.2, 0) is 16.8 Å². The zero-order valence-corrected chi connectivity index (χ0v) is 12.7. The molecule has 1 amide bonds. The predicted molar refractivity (Wildman–Crippen MR) is 83.3 cm³/mol. The fourth-order valence-corrected chi connectivity index (χ4v) is 2.73. The van der Waals surface area contributed by atoms with Crippen molar-refractivity contribution < 1.29 is 4.79 Å². The van der Waals surface area contributed by atoms with Crippen molar-refractivity contribution in [3.05, 3.63) is 70.2 Å². The first-order valence-electron chi connectivity index (χ1n) is 6.79. The molecule has 0 aromatic heterocycles. The van der Waals surface area contributed by atoms with Crippen molar-refractivity contribution in [2.24, 2.45) is 0 Å². The average Bonchev–Trinajstić information content (AvgIpc) is 3.23. The molecule has 0 unspecified atom stereocenters. The number of carbonyl (C=O) groups excluding carboxylic acids is 1. The molecule has 102 valence electrons. The Morgan fingerprint density at radius 2 is 1.70 bits per heavy atom. The normalized spacial score (nSPS) is 15.7. The molecule has 0 atom stereocenters. The number of halogens is 1. The van der Waals surface area contributed by atoms with Crippen LogP contribution >= 0.6 is 15.9 Å². The molecule has 2 nitrogen and oxygen atoms in total. The highest BCUT2D eigenvalue weighted by molar-refractivity contribution is 9.10. The number of carbonyl (C=O) groups is 1. The lowest BCUT2D eigenvalue weighted by atomic mass is 10.0. The molecule has 1 fully saturated rings. The van der Waals surface area contributed by atoms with Crippen LogP contribution in [0.3, 0.4) is 0 Å². The van der Waals surface area contributed by atoms with E-state index in [1.807, 2.05) is 42.5 Å². The van der Waals surface area contributed by atoms with Crippen LogP contribution in [0.4, 0.5) is 0 Å². The molecule has 1 saturated carbocycles. The van der Waals surface area contributed by atoms with E-state index in [2.05, 4.69) is 33.4 Å². The van der Waals surface area contributed by atoms with Crippen LogP contribution in [0, 0.1) is 0 Å². The Morgan fingerprint density at radius 1 is 1.05 bits per heavy atom. The maximum absolute atomic E-state index is 12.2. The van der Waals surface area contributed by atoms with Gasteiger partial charge in [0.05, 0.1) is 12.0 Å². The van der Waals surface area contributed by atoms with Crippen molar-refractivity contribution in [1.82, 2.24) is 5.32 Å². The highest BCUT2D eigenvalue weighted by Gasteiger charge is 2.45. The van der Waals surface area contributed by atoms with Crippen molar-refractivity contribution in [3.63, 3.8) is 0 Å². The number of hydrogen-bond acceptors (Lipinski definition) is 1. The lowest BCUT2D eigenvalue weighted by Crippen LogP contribution is -2.35. The third kappa shape index (κ3) is 2.93. The fourth-order valence-electron chi connectivity index (χ4n) is 2.47. The molecule has 0 radical (unpaired) electrons. The number of hydrogen-bond donors (Lipinski definition) is 1. The molecule has 20 heavy (non-hydrogen) atoms. The summed E-state index contributed by atoms with van der Waals surface area (Å²) in [6.07, 6.45) is 2.49. The van der Waals surface area contributed by atoms with Gasteiger partial charge in [0, 0.05) is 4.47 Å². The molecule has 1 aliphatic rings. The van der Waals surface area contributed by atoms with Crippen molar-refractivity contribution in [1.29, 1.82) is 0 Å². The van der Waals surface area contributed by atoms with Gasteiger partial charge in [-0.2, -0.15) is 0 Å². The monoisotopic (exact) mass is 329 g/mol. The Bertz CT molecular complexity index is 603. The molecule has 0 bridgehead atoms. The molecule has 0 saturated heterocycles. The van der Waals surface area contributed by atoms with E-state index >= 15 is 0 Å². The number of amides is 1. The van der Waals surface area contributed by atoms with E-state index in [1.165, 1.54) is 5.56 Å². The highest BCUT2D eigenvalue weighted by atomic mass is 79.9. The molecule has 0 aliphatic heterocycles. The minimum atomic E-state index is -0.117. The Labute approximate surface area is 127 Å². The molecular formula is C17H16BrNO. The third-order valence-corrected chi connectivity index (χ3v) is 4.26. The number of rotatable bonds is 4. The van der Waals surface area contributed by atoms with Gasteiger partial charge >= 0.3 is 0 Å². The summed E-state index contributed by atoms with van der Waals surface area (Å²) in [4.78, 5) is 12.2. The van der Waals surface area contributed by atoms with Crippen molar-refractivity contribution >= 4 is 21.8 Å². The van der Waals surface area contributed by atoms with Crippen LogP contribution in [0.1, 0.15) is 24.0 Å². The van der Waals surface area contributed by atoms with Crippen LogP contribution in [0.15, 0.2) is 59.1 Å². The molecule has 2 aromatic carbocycles. The van der Waals surface area contributed by atoms with Gasteiger partial charge in [0.2, 0.25) is 5.91 Å². The summed E-state index contributed by atoms with van der Waals surface area (Å²) in [5.41, 5.74) is 2.13. The SMILES string of the molecule is O=C(Cc1ccc(Br)cc1)NC1(c2ccccc2)CC1. The number of benzene rings is 2. The van der Waals surface area contributed by atoms with Crippen LogP contribution in [-0.4, -0.2) is 5.91 Å². The number of nitrogens with one attached hydrogen (secondary N) is 1. The van der Waals surface area contributed by atoms with Crippen LogP contribution in [0.5, 0.6) is 0 Å². The molecular weight excluding hydrogens is 314 g/mol. The largest absolute Gasteiger partial charge is 0.346 e. The molecule has 3 heteroatoms. The van der Waals surface area contributed by atoms with E-state index in [4.69, 9.17) is 0 Å². The summed E-state index contributed by atoms with van der Waals surface area (Å²) < 4.78 is 1.03. The zero-order chi connectivity index (χ0) is 14.0. The van der Waals surface area contributed by atoms with E-state index in [1.54, 1.807) is 0 Å². The highest BCUT2D eigenvalue weighted by Crippen LogP contribution is 2.45. The molecule has 1 N–H and O–H groups in total. The van der Waals surface area contributed by atoms with E-state index in [0.29, 0.717) is 6.42 Å². The summed E-state index contributed by atoms with van der Waals surface area (Å²) in [5.74, 6) is 0.0914. The van der Waals surface area contributed by atoms with Gasteiger partial charge in [-0.1, -0.05) is 58.4 Å². The van der Waals surface area contributed by atoms with Crippen molar-refractivity contribution in [2.75, 3.05) is 0 Å². The second-order valence-corrected chi connectivity index (χ2v) is 6.22. The minimum Gasteiger partial charge on any atom is -0.346 e. The third-order valence-electron chi connectivity index (χ3n) is 3.73. The topological polar surface area (TPSA) is 29.1 Å². The van der Waals surface area contributed by atoms with Crippen LogP contribution < -0.4 is 5.32 Å². The van der Waals surface area contributed by atoms with Crippen LogP contribution in [0.25, 0.3) is 0 Å². The molecule has 0 heterocycles. The molecule has 3 rings (SSSR count). The van der Waals surface area contributed by atoms with Gasteiger partial charge in [-0.05, 0) is 36.1 Å². The Kier molecular flexibility index (Phi) is 3.62. The first-order chi connectivity index (χ1) is 9.68. The Balaban J connectivity index is 1.66. The first-order valence-corrected chi connectivity index (χ1v) is 7.58. The first kappa shape index (κ1) is 13.4. The summed E-state index contributed by atoms with van der Waals surface area (Å²) in [5, 5.41) is 3.20. The van der Waals surface area contributed by atoms with Gasteiger partial charge < -0.3 is 5.32 Å². The molecule has 0 spiro atoms.